The number of aromatic nitrogens is 1. The molecule has 1 amide bonds. The highest BCUT2D eigenvalue weighted by Crippen LogP contribution is 2.39. The summed E-state index contributed by atoms with van der Waals surface area (Å²) < 4.78 is 21.0. The Morgan fingerprint density at radius 1 is 1.20 bits per heavy atom. The second-order valence-corrected chi connectivity index (χ2v) is 10.6. The molecule has 9 nitrogen and oxygen atoms in total. The molecular formula is C30H34FN7O2. The van der Waals surface area contributed by atoms with E-state index in [-0.39, 0.29) is 36.1 Å². The minimum Gasteiger partial charge on any atom is -0.475 e. The molecule has 3 aliphatic rings. The van der Waals surface area contributed by atoms with Crippen molar-refractivity contribution < 1.29 is 13.9 Å². The Balaban J connectivity index is 1.53. The zero-order chi connectivity index (χ0) is 28.2. The van der Waals surface area contributed by atoms with Gasteiger partial charge in [0.05, 0.1) is 42.1 Å². The van der Waals surface area contributed by atoms with Crippen LogP contribution in [0.25, 0.3) is 0 Å². The fraction of sp³-hybridized carbons (Fsp3) is 0.467. The van der Waals surface area contributed by atoms with Gasteiger partial charge in [-0.15, -0.1) is 0 Å². The number of benzene rings is 1. The first-order valence-corrected chi connectivity index (χ1v) is 13.8. The van der Waals surface area contributed by atoms with Crippen LogP contribution in [0.4, 0.5) is 15.8 Å². The van der Waals surface area contributed by atoms with Crippen LogP contribution in [-0.4, -0.2) is 79.2 Å². The van der Waals surface area contributed by atoms with Gasteiger partial charge < -0.3 is 24.3 Å². The van der Waals surface area contributed by atoms with Gasteiger partial charge in [-0.1, -0.05) is 18.7 Å². The average Bonchev–Trinajstić information content (AvgIpc) is 3.39. The summed E-state index contributed by atoms with van der Waals surface area (Å²) in [6, 6.07) is 11.2. The SMILES string of the molecule is C=CC(=O)N1CCN(c2c(C#N)c(OCC3CCCN3C)nc3c2CCN(c2ccccc2F)C3)CC1CC#N. The van der Waals surface area contributed by atoms with Crippen molar-refractivity contribution >= 4 is 17.3 Å². The monoisotopic (exact) mass is 543 g/mol. The summed E-state index contributed by atoms with van der Waals surface area (Å²) in [5, 5.41) is 19.9. The summed E-state index contributed by atoms with van der Waals surface area (Å²) in [6.07, 6.45) is 4.14. The number of nitrogens with zero attached hydrogens (tertiary/aromatic N) is 7. The molecule has 4 heterocycles. The van der Waals surface area contributed by atoms with Crippen LogP contribution in [0.5, 0.6) is 5.88 Å². The molecule has 2 fully saturated rings. The molecule has 2 atom stereocenters. The van der Waals surface area contributed by atoms with Crippen LogP contribution in [-0.2, 0) is 17.8 Å². The first-order valence-electron chi connectivity index (χ1n) is 13.8. The van der Waals surface area contributed by atoms with Crippen LogP contribution < -0.4 is 14.5 Å². The van der Waals surface area contributed by atoms with Gasteiger partial charge in [0.2, 0.25) is 11.8 Å². The van der Waals surface area contributed by atoms with Crippen LogP contribution in [0.15, 0.2) is 36.9 Å². The van der Waals surface area contributed by atoms with E-state index in [0.717, 1.165) is 36.3 Å². The largest absolute Gasteiger partial charge is 0.475 e. The van der Waals surface area contributed by atoms with E-state index in [1.807, 2.05) is 11.0 Å². The Bertz CT molecular complexity index is 1370. The summed E-state index contributed by atoms with van der Waals surface area (Å²) in [5.74, 6) is -0.210. The molecule has 3 aliphatic heterocycles. The number of piperazine rings is 1. The molecule has 2 saturated heterocycles. The second-order valence-electron chi connectivity index (χ2n) is 10.6. The number of halogens is 1. The van der Waals surface area contributed by atoms with Gasteiger partial charge in [0.1, 0.15) is 24.1 Å². The van der Waals surface area contributed by atoms with E-state index in [9.17, 15) is 19.7 Å². The summed E-state index contributed by atoms with van der Waals surface area (Å²) in [5.41, 5.74) is 3.33. The number of amides is 1. The van der Waals surface area contributed by atoms with Gasteiger partial charge in [0.25, 0.3) is 0 Å². The fourth-order valence-electron chi connectivity index (χ4n) is 6.11. The molecule has 0 N–H and O–H groups in total. The highest BCUT2D eigenvalue weighted by molar-refractivity contribution is 5.87. The van der Waals surface area contributed by atoms with E-state index in [4.69, 9.17) is 9.72 Å². The average molecular weight is 544 g/mol. The molecule has 0 spiro atoms. The lowest BCUT2D eigenvalue weighted by atomic mass is 9.96. The zero-order valence-electron chi connectivity index (χ0n) is 22.9. The maximum absolute atomic E-state index is 14.7. The molecule has 0 aliphatic carbocycles. The Morgan fingerprint density at radius 3 is 2.73 bits per heavy atom. The number of carbonyl (C=O) groups excluding carboxylic acids is 1. The topological polar surface area (TPSA) is 99.7 Å². The first-order chi connectivity index (χ1) is 19.4. The van der Waals surface area contributed by atoms with Gasteiger partial charge >= 0.3 is 0 Å². The number of likely N-dealkylation sites (tertiary alicyclic amines) is 1. The Morgan fingerprint density at radius 2 is 2.02 bits per heavy atom. The van der Waals surface area contributed by atoms with Crippen LogP contribution >= 0.6 is 0 Å². The predicted octanol–water partition coefficient (Wildman–Crippen LogP) is 3.24. The van der Waals surface area contributed by atoms with E-state index in [0.29, 0.717) is 57.0 Å². The number of hydrogen-bond donors (Lipinski definition) is 0. The number of likely N-dealkylation sites (N-methyl/N-ethyl adjacent to an activating group) is 1. The van der Waals surface area contributed by atoms with Crippen molar-refractivity contribution in [1.29, 1.82) is 10.5 Å². The molecule has 1 aromatic carbocycles. The number of ether oxygens (including phenoxy) is 1. The molecule has 2 unspecified atom stereocenters. The van der Waals surface area contributed by atoms with Gasteiger partial charge in [-0.2, -0.15) is 10.5 Å². The van der Waals surface area contributed by atoms with Crippen molar-refractivity contribution in [2.45, 2.75) is 44.3 Å². The minimum absolute atomic E-state index is 0.170. The van der Waals surface area contributed by atoms with E-state index in [1.54, 1.807) is 17.0 Å². The quantitative estimate of drug-likeness (QED) is 0.491. The van der Waals surface area contributed by atoms with Crippen molar-refractivity contribution in [1.82, 2.24) is 14.8 Å². The van der Waals surface area contributed by atoms with E-state index in [2.05, 4.69) is 35.6 Å². The minimum atomic E-state index is -0.338. The van der Waals surface area contributed by atoms with Crippen molar-refractivity contribution in [2.75, 3.05) is 56.2 Å². The van der Waals surface area contributed by atoms with Gasteiger partial charge in [0.15, 0.2) is 0 Å². The van der Waals surface area contributed by atoms with Crippen molar-refractivity contribution in [3.8, 4) is 18.0 Å². The molecule has 1 aromatic heterocycles. The number of pyridine rings is 1. The third-order valence-corrected chi connectivity index (χ3v) is 8.27. The molecule has 208 valence electrons. The highest BCUT2D eigenvalue weighted by atomic mass is 19.1. The van der Waals surface area contributed by atoms with Gasteiger partial charge in [-0.25, -0.2) is 9.37 Å². The lowest BCUT2D eigenvalue weighted by Crippen LogP contribution is -2.55. The molecular weight excluding hydrogens is 509 g/mol. The van der Waals surface area contributed by atoms with Crippen LogP contribution in [0.2, 0.25) is 0 Å². The van der Waals surface area contributed by atoms with Gasteiger partial charge in [0, 0.05) is 37.8 Å². The Hall–Kier alpha value is -4.15. The smallest absolute Gasteiger partial charge is 0.246 e. The van der Waals surface area contributed by atoms with Crippen molar-refractivity contribution in [3.63, 3.8) is 0 Å². The third kappa shape index (κ3) is 5.32. The van der Waals surface area contributed by atoms with Crippen LogP contribution in [0.1, 0.15) is 36.1 Å². The predicted molar refractivity (Wildman–Crippen MR) is 149 cm³/mol. The Kier molecular flexibility index (Phi) is 8.18. The number of anilines is 2. The normalized spacial score (nSPS) is 20.9. The number of para-hydroxylation sites is 1. The van der Waals surface area contributed by atoms with Crippen molar-refractivity contribution in [2.24, 2.45) is 0 Å². The number of hydrogen-bond acceptors (Lipinski definition) is 8. The molecule has 2 aromatic rings. The van der Waals surface area contributed by atoms with Gasteiger partial charge in [-0.3, -0.25) is 4.79 Å². The lowest BCUT2D eigenvalue weighted by molar-refractivity contribution is -0.128. The molecule has 40 heavy (non-hydrogen) atoms. The number of fused-ring (bicyclic) bond motifs is 1. The summed E-state index contributed by atoms with van der Waals surface area (Å²) in [6.45, 7) is 7.29. The van der Waals surface area contributed by atoms with E-state index >= 15 is 0 Å². The Labute approximate surface area is 234 Å². The molecule has 0 radical (unpaired) electrons. The standard InChI is InChI=1S/C30H34FN7O2/c1-3-28(39)38-16-15-37(18-21(38)10-12-32)29-23-11-14-36(27-9-5-4-8-25(27)31)19-26(23)34-30(24(29)17-33)40-20-22-7-6-13-35(22)2/h3-5,8-9,21-22H,1,6-7,10-11,13-16,18-20H2,2H3. The van der Waals surface area contributed by atoms with Crippen molar-refractivity contribution in [3.05, 3.63) is 59.6 Å². The number of carbonyl (C=O) groups is 1. The molecule has 0 bridgehead atoms. The number of rotatable bonds is 7. The third-order valence-electron chi connectivity index (χ3n) is 8.27. The fourth-order valence-corrected chi connectivity index (χ4v) is 6.11. The van der Waals surface area contributed by atoms with Gasteiger partial charge in [-0.05, 0) is 51.1 Å². The summed E-state index contributed by atoms with van der Waals surface area (Å²) >= 11 is 0. The van der Waals surface area contributed by atoms with Crippen LogP contribution in [0, 0.1) is 28.5 Å². The van der Waals surface area contributed by atoms with Crippen LogP contribution in [0.3, 0.4) is 0 Å². The lowest BCUT2D eigenvalue weighted by Gasteiger charge is -2.43. The highest BCUT2D eigenvalue weighted by Gasteiger charge is 2.35. The van der Waals surface area contributed by atoms with E-state index < -0.39 is 0 Å². The first kappa shape index (κ1) is 27.4. The second kappa shape index (κ2) is 11.9. The maximum Gasteiger partial charge on any atom is 0.246 e. The summed E-state index contributed by atoms with van der Waals surface area (Å²) in [4.78, 5) is 25.4. The molecule has 10 heteroatoms. The summed E-state index contributed by atoms with van der Waals surface area (Å²) in [7, 11) is 2.07. The zero-order valence-corrected chi connectivity index (χ0v) is 22.9. The molecule has 5 rings (SSSR count). The van der Waals surface area contributed by atoms with E-state index in [1.165, 1.54) is 12.1 Å². The number of nitriles is 2. The molecule has 0 saturated carbocycles. The maximum atomic E-state index is 14.7.